The van der Waals surface area contributed by atoms with Gasteiger partial charge in [-0.15, -0.1) is 0 Å². The van der Waals surface area contributed by atoms with Gasteiger partial charge in [-0.3, -0.25) is 4.79 Å². The Bertz CT molecular complexity index is 875. The monoisotopic (exact) mass is 518 g/mol. The van der Waals surface area contributed by atoms with E-state index in [1.165, 1.54) is 6.21 Å². The van der Waals surface area contributed by atoms with Crippen molar-refractivity contribution in [2.24, 2.45) is 5.10 Å². The first-order valence-corrected chi connectivity index (χ1v) is 9.84. The standard InChI is InChI=1S/C18H17Br2ClN2O4/c1-3-26-14-7-11(16(19)17(20)18(14)25)8-22-23-15(24)9-27-12-4-5-13(21)10(2)6-12/h4-8,25H,3,9H2,1-2H3,(H,23,24)/b22-8-. The molecular weight excluding hydrogens is 503 g/mol. The molecule has 0 radical (unpaired) electrons. The van der Waals surface area contributed by atoms with Crippen LogP contribution in [0.15, 0.2) is 38.3 Å². The number of phenols is 1. The average Bonchev–Trinajstić information content (AvgIpc) is 2.64. The fourth-order valence-corrected chi connectivity index (χ4v) is 2.98. The lowest BCUT2D eigenvalue weighted by Gasteiger charge is -2.11. The maximum atomic E-state index is 11.9. The molecule has 0 aliphatic carbocycles. The highest BCUT2D eigenvalue weighted by molar-refractivity contribution is 9.13. The first-order chi connectivity index (χ1) is 12.8. The summed E-state index contributed by atoms with van der Waals surface area (Å²) in [7, 11) is 0. The topological polar surface area (TPSA) is 80.2 Å². The molecule has 0 saturated heterocycles. The van der Waals surface area contributed by atoms with Crippen LogP contribution >= 0.6 is 43.5 Å². The minimum atomic E-state index is -0.419. The zero-order chi connectivity index (χ0) is 20.0. The summed E-state index contributed by atoms with van der Waals surface area (Å²) in [6.45, 7) is 3.87. The Hall–Kier alpha value is -1.77. The molecule has 0 spiro atoms. The van der Waals surface area contributed by atoms with Crippen LogP contribution in [0.5, 0.6) is 17.2 Å². The average molecular weight is 521 g/mol. The summed E-state index contributed by atoms with van der Waals surface area (Å²) in [5.41, 5.74) is 3.85. The molecule has 27 heavy (non-hydrogen) atoms. The van der Waals surface area contributed by atoms with Crippen molar-refractivity contribution in [3.8, 4) is 17.2 Å². The van der Waals surface area contributed by atoms with Crippen LogP contribution in [0.2, 0.25) is 5.02 Å². The largest absolute Gasteiger partial charge is 0.503 e. The van der Waals surface area contributed by atoms with E-state index in [9.17, 15) is 9.90 Å². The van der Waals surface area contributed by atoms with Crippen molar-refractivity contribution in [3.05, 3.63) is 49.4 Å². The van der Waals surface area contributed by atoms with Crippen LogP contribution in [-0.2, 0) is 4.79 Å². The second kappa shape index (κ2) is 9.96. The van der Waals surface area contributed by atoms with Gasteiger partial charge < -0.3 is 14.6 Å². The lowest BCUT2D eigenvalue weighted by Crippen LogP contribution is -2.24. The highest BCUT2D eigenvalue weighted by atomic mass is 79.9. The maximum Gasteiger partial charge on any atom is 0.277 e. The first kappa shape index (κ1) is 21.5. The fourth-order valence-electron chi connectivity index (χ4n) is 2.03. The molecule has 0 heterocycles. The van der Waals surface area contributed by atoms with Crippen molar-refractivity contribution < 1.29 is 19.4 Å². The van der Waals surface area contributed by atoms with Gasteiger partial charge in [-0.2, -0.15) is 5.10 Å². The van der Waals surface area contributed by atoms with Crippen LogP contribution in [0.25, 0.3) is 0 Å². The van der Waals surface area contributed by atoms with E-state index in [1.807, 2.05) is 13.8 Å². The van der Waals surface area contributed by atoms with Crippen LogP contribution in [0.4, 0.5) is 0 Å². The van der Waals surface area contributed by atoms with E-state index in [-0.39, 0.29) is 12.4 Å². The van der Waals surface area contributed by atoms with E-state index in [4.69, 9.17) is 21.1 Å². The minimum absolute atomic E-state index is 0.0171. The van der Waals surface area contributed by atoms with E-state index in [0.29, 0.717) is 37.6 Å². The fraction of sp³-hybridized carbons (Fsp3) is 0.222. The normalized spacial score (nSPS) is 10.9. The molecule has 144 valence electrons. The maximum absolute atomic E-state index is 11.9. The number of hydrogen-bond donors (Lipinski definition) is 2. The Balaban J connectivity index is 1.98. The third-order valence-corrected chi connectivity index (χ3v) is 5.95. The lowest BCUT2D eigenvalue weighted by atomic mass is 10.2. The molecule has 0 fully saturated rings. The molecule has 0 aliphatic heterocycles. The van der Waals surface area contributed by atoms with Crippen LogP contribution in [0.1, 0.15) is 18.1 Å². The Morgan fingerprint density at radius 3 is 2.70 bits per heavy atom. The van der Waals surface area contributed by atoms with Gasteiger partial charge in [0.2, 0.25) is 0 Å². The number of phenolic OH excluding ortho intramolecular Hbond substituents is 1. The number of rotatable bonds is 7. The van der Waals surface area contributed by atoms with Crippen LogP contribution in [-0.4, -0.2) is 30.4 Å². The smallest absolute Gasteiger partial charge is 0.277 e. The first-order valence-electron chi connectivity index (χ1n) is 7.88. The van der Waals surface area contributed by atoms with Gasteiger partial charge in [0.1, 0.15) is 5.75 Å². The number of benzene rings is 2. The Kier molecular flexibility index (Phi) is 7.94. The second-order valence-electron chi connectivity index (χ2n) is 5.37. The van der Waals surface area contributed by atoms with Crippen molar-refractivity contribution in [2.45, 2.75) is 13.8 Å². The molecule has 0 saturated carbocycles. The highest BCUT2D eigenvalue weighted by Gasteiger charge is 2.14. The predicted octanol–water partition coefficient (Wildman–Crippen LogP) is 4.81. The van der Waals surface area contributed by atoms with Gasteiger partial charge >= 0.3 is 0 Å². The summed E-state index contributed by atoms with van der Waals surface area (Å²) >= 11 is 12.6. The van der Waals surface area contributed by atoms with Crippen molar-refractivity contribution in [2.75, 3.05) is 13.2 Å². The van der Waals surface area contributed by atoms with E-state index in [1.54, 1.807) is 24.3 Å². The van der Waals surface area contributed by atoms with E-state index >= 15 is 0 Å². The summed E-state index contributed by atoms with van der Waals surface area (Å²) in [4.78, 5) is 11.9. The third-order valence-electron chi connectivity index (χ3n) is 3.37. The molecule has 2 N–H and O–H groups in total. The molecule has 0 atom stereocenters. The van der Waals surface area contributed by atoms with Crippen LogP contribution in [0.3, 0.4) is 0 Å². The van der Waals surface area contributed by atoms with E-state index < -0.39 is 5.91 Å². The molecule has 9 heteroatoms. The summed E-state index contributed by atoms with van der Waals surface area (Å²) < 4.78 is 11.8. The van der Waals surface area contributed by atoms with Crippen molar-refractivity contribution in [1.29, 1.82) is 0 Å². The van der Waals surface area contributed by atoms with Crippen molar-refractivity contribution >= 4 is 55.6 Å². The Morgan fingerprint density at radius 1 is 1.30 bits per heavy atom. The summed E-state index contributed by atoms with van der Waals surface area (Å²) in [5.74, 6) is 0.416. The third kappa shape index (κ3) is 5.85. The highest BCUT2D eigenvalue weighted by Crippen LogP contribution is 2.41. The van der Waals surface area contributed by atoms with E-state index in [0.717, 1.165) is 5.56 Å². The van der Waals surface area contributed by atoms with Crippen molar-refractivity contribution in [3.63, 3.8) is 0 Å². The number of aryl methyl sites for hydroxylation is 1. The number of hydrogen-bond acceptors (Lipinski definition) is 5. The number of nitrogens with one attached hydrogen (secondary N) is 1. The number of carbonyl (C=O) groups is 1. The number of nitrogens with zero attached hydrogens (tertiary/aromatic N) is 1. The number of ether oxygens (including phenoxy) is 2. The number of hydrazone groups is 1. The molecule has 1 amide bonds. The summed E-state index contributed by atoms with van der Waals surface area (Å²) in [6, 6.07) is 6.75. The molecule has 0 bridgehead atoms. The molecule has 0 aliphatic rings. The van der Waals surface area contributed by atoms with Crippen LogP contribution in [0, 0.1) is 6.92 Å². The lowest BCUT2D eigenvalue weighted by molar-refractivity contribution is -0.123. The number of halogens is 3. The molecular formula is C18H17Br2ClN2O4. The summed E-state index contributed by atoms with van der Waals surface area (Å²) in [5, 5.41) is 14.6. The Labute approximate surface area is 178 Å². The SMILES string of the molecule is CCOc1cc(/C=N\NC(=O)COc2ccc(Cl)c(C)c2)c(Br)c(Br)c1O. The molecule has 2 rings (SSSR count). The second-order valence-corrected chi connectivity index (χ2v) is 7.36. The molecule has 0 unspecified atom stereocenters. The van der Waals surface area contributed by atoms with Gasteiger partial charge in [-0.1, -0.05) is 11.6 Å². The molecule has 6 nitrogen and oxygen atoms in total. The van der Waals surface area contributed by atoms with Gasteiger partial charge in [-0.25, -0.2) is 5.43 Å². The zero-order valence-electron chi connectivity index (χ0n) is 14.6. The van der Waals surface area contributed by atoms with Gasteiger partial charge in [0.05, 0.1) is 17.3 Å². The molecule has 2 aromatic carbocycles. The minimum Gasteiger partial charge on any atom is -0.503 e. The van der Waals surface area contributed by atoms with Gasteiger partial charge in [0.15, 0.2) is 18.1 Å². The summed E-state index contributed by atoms with van der Waals surface area (Å²) in [6.07, 6.45) is 1.43. The predicted molar refractivity (Wildman–Crippen MR) is 112 cm³/mol. The van der Waals surface area contributed by atoms with Gasteiger partial charge in [0, 0.05) is 15.1 Å². The Morgan fingerprint density at radius 2 is 2.04 bits per heavy atom. The molecule has 2 aromatic rings. The van der Waals surface area contributed by atoms with Crippen LogP contribution < -0.4 is 14.9 Å². The van der Waals surface area contributed by atoms with Gasteiger partial charge in [0.25, 0.3) is 5.91 Å². The van der Waals surface area contributed by atoms with Gasteiger partial charge in [-0.05, 0) is 75.5 Å². The van der Waals surface area contributed by atoms with Crippen molar-refractivity contribution in [1.82, 2.24) is 5.43 Å². The molecule has 0 aromatic heterocycles. The van der Waals surface area contributed by atoms with E-state index in [2.05, 4.69) is 42.4 Å². The number of carbonyl (C=O) groups excluding carboxylic acids is 1. The number of aromatic hydroxyl groups is 1. The quantitative estimate of drug-likeness (QED) is 0.406. The number of amides is 1. The zero-order valence-corrected chi connectivity index (χ0v) is 18.5.